The van der Waals surface area contributed by atoms with Crippen molar-refractivity contribution in [1.29, 1.82) is 0 Å². The van der Waals surface area contributed by atoms with E-state index in [2.05, 4.69) is 29.5 Å². The Labute approximate surface area is 135 Å². The van der Waals surface area contributed by atoms with Crippen LogP contribution in [0.1, 0.15) is 36.8 Å². The van der Waals surface area contributed by atoms with Gasteiger partial charge in [0.2, 0.25) is 0 Å². The quantitative estimate of drug-likeness (QED) is 0.892. The van der Waals surface area contributed by atoms with Gasteiger partial charge in [-0.3, -0.25) is 0 Å². The van der Waals surface area contributed by atoms with E-state index in [1.807, 2.05) is 36.7 Å². The van der Waals surface area contributed by atoms with E-state index in [0.29, 0.717) is 17.6 Å². The van der Waals surface area contributed by atoms with Gasteiger partial charge >= 0.3 is 6.03 Å². The van der Waals surface area contributed by atoms with E-state index in [1.54, 1.807) is 6.20 Å². The van der Waals surface area contributed by atoms with Gasteiger partial charge in [-0.15, -0.1) is 0 Å². The first-order valence-electron chi connectivity index (χ1n) is 7.21. The number of amides is 2. The first kappa shape index (κ1) is 16.4. The molecule has 6 heteroatoms. The van der Waals surface area contributed by atoms with Gasteiger partial charge in [0.05, 0.1) is 6.54 Å². The van der Waals surface area contributed by atoms with E-state index in [-0.39, 0.29) is 6.03 Å². The van der Waals surface area contributed by atoms with Crippen LogP contribution in [0.2, 0.25) is 5.02 Å². The maximum Gasteiger partial charge on any atom is 0.319 e. The molecule has 5 nitrogen and oxygen atoms in total. The number of benzene rings is 1. The highest BCUT2D eigenvalue weighted by atomic mass is 35.5. The highest BCUT2D eigenvalue weighted by Gasteiger charge is 2.10. The Morgan fingerprint density at radius 3 is 2.55 bits per heavy atom. The zero-order valence-electron chi connectivity index (χ0n) is 13.3. The van der Waals surface area contributed by atoms with Gasteiger partial charge < -0.3 is 15.2 Å². The van der Waals surface area contributed by atoms with Crippen LogP contribution in [0.25, 0.3) is 0 Å². The normalized spacial score (nSPS) is 10.8. The number of hydrogen-bond donors (Lipinski definition) is 2. The molecule has 2 amide bonds. The van der Waals surface area contributed by atoms with Gasteiger partial charge in [-0.2, -0.15) is 0 Å². The molecule has 0 fully saturated rings. The minimum absolute atomic E-state index is 0.258. The molecule has 0 bridgehead atoms. The van der Waals surface area contributed by atoms with Gasteiger partial charge in [0, 0.05) is 29.1 Å². The summed E-state index contributed by atoms with van der Waals surface area (Å²) >= 11 is 6.00. The lowest BCUT2D eigenvalue weighted by Gasteiger charge is -2.14. The number of aryl methyl sites for hydroxylation is 2. The van der Waals surface area contributed by atoms with Crippen molar-refractivity contribution < 1.29 is 4.79 Å². The van der Waals surface area contributed by atoms with Crippen LogP contribution < -0.4 is 10.6 Å². The van der Waals surface area contributed by atoms with Crippen molar-refractivity contribution in [2.45, 2.75) is 40.3 Å². The molecule has 0 saturated carbocycles. The van der Waals surface area contributed by atoms with Crippen LogP contribution in [-0.4, -0.2) is 15.6 Å². The number of rotatable bonds is 4. The summed E-state index contributed by atoms with van der Waals surface area (Å²) < 4.78 is 2.03. The molecule has 0 saturated heterocycles. The molecule has 1 heterocycles. The molecule has 0 radical (unpaired) electrons. The molecule has 0 aliphatic carbocycles. The number of carbonyl (C=O) groups excluding carboxylic acids is 1. The van der Waals surface area contributed by atoms with Crippen LogP contribution in [0.3, 0.4) is 0 Å². The lowest BCUT2D eigenvalue weighted by Crippen LogP contribution is -2.30. The topological polar surface area (TPSA) is 59.0 Å². The van der Waals surface area contributed by atoms with Crippen molar-refractivity contribution in [2.75, 3.05) is 5.32 Å². The number of nitrogens with zero attached hydrogens (tertiary/aromatic N) is 2. The van der Waals surface area contributed by atoms with Crippen LogP contribution in [0, 0.1) is 13.8 Å². The summed E-state index contributed by atoms with van der Waals surface area (Å²) in [5, 5.41) is 6.37. The molecule has 22 heavy (non-hydrogen) atoms. The molecule has 0 spiro atoms. The fourth-order valence-corrected chi connectivity index (χ4v) is 2.70. The Bertz CT molecular complexity index is 656. The van der Waals surface area contributed by atoms with Crippen molar-refractivity contribution in [3.63, 3.8) is 0 Å². The molecule has 118 valence electrons. The minimum Gasteiger partial charge on any atom is -0.331 e. The van der Waals surface area contributed by atoms with Crippen molar-refractivity contribution >= 4 is 23.3 Å². The van der Waals surface area contributed by atoms with E-state index < -0.39 is 0 Å². The molecule has 2 rings (SSSR count). The molecule has 0 aliphatic heterocycles. The molecular formula is C16H21ClN4O. The molecule has 0 aliphatic rings. The lowest BCUT2D eigenvalue weighted by molar-refractivity contribution is 0.251. The van der Waals surface area contributed by atoms with Crippen molar-refractivity contribution in [1.82, 2.24) is 14.9 Å². The second-order valence-corrected chi connectivity index (χ2v) is 6.00. The van der Waals surface area contributed by atoms with Crippen molar-refractivity contribution in [3.05, 3.63) is 46.5 Å². The zero-order valence-corrected chi connectivity index (χ0v) is 14.0. The predicted molar refractivity (Wildman–Crippen MR) is 89.4 cm³/mol. The van der Waals surface area contributed by atoms with Crippen LogP contribution >= 0.6 is 11.6 Å². The predicted octanol–water partition coefficient (Wildman–Crippen LogP) is 4.06. The Morgan fingerprint density at radius 1 is 1.32 bits per heavy atom. The maximum absolute atomic E-state index is 12.1. The smallest absolute Gasteiger partial charge is 0.319 e. The summed E-state index contributed by atoms with van der Waals surface area (Å²) in [5.41, 5.74) is 2.65. The fourth-order valence-electron chi connectivity index (χ4n) is 2.38. The summed E-state index contributed by atoms with van der Waals surface area (Å²) in [7, 11) is 0. The second kappa shape index (κ2) is 6.83. The van der Waals surface area contributed by atoms with Crippen LogP contribution in [0.4, 0.5) is 10.5 Å². The Morgan fingerprint density at radius 2 is 1.95 bits per heavy atom. The third kappa shape index (κ3) is 3.80. The zero-order chi connectivity index (χ0) is 16.3. The van der Waals surface area contributed by atoms with Gasteiger partial charge in [-0.1, -0.05) is 11.6 Å². The highest BCUT2D eigenvalue weighted by molar-refractivity contribution is 6.30. The fraction of sp³-hybridized carbons (Fsp3) is 0.375. The molecule has 2 aromatic rings. The van der Waals surface area contributed by atoms with Crippen LogP contribution in [0.5, 0.6) is 0 Å². The van der Waals surface area contributed by atoms with E-state index in [4.69, 9.17) is 11.6 Å². The number of imidazole rings is 1. The summed E-state index contributed by atoms with van der Waals surface area (Å²) in [6, 6.07) is 3.71. The van der Waals surface area contributed by atoms with Gasteiger partial charge in [0.15, 0.2) is 0 Å². The average molecular weight is 321 g/mol. The summed E-state index contributed by atoms with van der Waals surface area (Å²) in [6.45, 7) is 8.36. The highest BCUT2D eigenvalue weighted by Crippen LogP contribution is 2.24. The van der Waals surface area contributed by atoms with Gasteiger partial charge in [0.25, 0.3) is 0 Å². The summed E-state index contributed by atoms with van der Waals surface area (Å²) in [6.07, 6.45) is 3.65. The van der Waals surface area contributed by atoms with E-state index in [0.717, 1.165) is 22.6 Å². The van der Waals surface area contributed by atoms with Gasteiger partial charge in [-0.25, -0.2) is 9.78 Å². The summed E-state index contributed by atoms with van der Waals surface area (Å²) in [5.74, 6) is 0.828. The Balaban J connectivity index is 2.01. The molecule has 1 aromatic heterocycles. The Hall–Kier alpha value is -2.01. The van der Waals surface area contributed by atoms with Gasteiger partial charge in [0.1, 0.15) is 5.82 Å². The third-order valence-corrected chi connectivity index (χ3v) is 3.67. The molecule has 1 aromatic carbocycles. The second-order valence-electron chi connectivity index (χ2n) is 5.57. The number of hydrogen-bond acceptors (Lipinski definition) is 2. The third-order valence-electron chi connectivity index (χ3n) is 3.45. The maximum atomic E-state index is 12.1. The summed E-state index contributed by atoms with van der Waals surface area (Å²) in [4.78, 5) is 16.4. The average Bonchev–Trinajstić information content (AvgIpc) is 2.89. The first-order valence-corrected chi connectivity index (χ1v) is 7.59. The molecule has 0 unspecified atom stereocenters. The number of carbonyl (C=O) groups is 1. The standard InChI is InChI=1S/C16H21ClN4O/c1-10(2)21-6-5-18-14(21)9-19-16(22)20-15-11(3)7-13(17)8-12(15)4/h5-8,10H,9H2,1-4H3,(H2,19,20,22). The largest absolute Gasteiger partial charge is 0.331 e. The number of aromatic nitrogens is 2. The molecular weight excluding hydrogens is 300 g/mol. The monoisotopic (exact) mass is 320 g/mol. The van der Waals surface area contributed by atoms with Crippen molar-refractivity contribution in [2.24, 2.45) is 0 Å². The number of nitrogens with one attached hydrogen (secondary N) is 2. The number of anilines is 1. The minimum atomic E-state index is -0.258. The number of urea groups is 1. The lowest BCUT2D eigenvalue weighted by atomic mass is 10.1. The first-order chi connectivity index (χ1) is 10.4. The van der Waals surface area contributed by atoms with E-state index in [1.165, 1.54) is 0 Å². The number of halogens is 1. The van der Waals surface area contributed by atoms with Crippen LogP contribution in [-0.2, 0) is 6.54 Å². The molecule has 2 N–H and O–H groups in total. The Kier molecular flexibility index (Phi) is 5.08. The van der Waals surface area contributed by atoms with Crippen molar-refractivity contribution in [3.8, 4) is 0 Å². The molecule has 0 atom stereocenters. The van der Waals surface area contributed by atoms with E-state index >= 15 is 0 Å². The van der Waals surface area contributed by atoms with E-state index in [9.17, 15) is 4.79 Å². The van der Waals surface area contributed by atoms with Crippen LogP contribution in [0.15, 0.2) is 24.5 Å². The SMILES string of the molecule is Cc1cc(Cl)cc(C)c1NC(=O)NCc1nccn1C(C)C. The van der Waals surface area contributed by atoms with Gasteiger partial charge in [-0.05, 0) is 51.0 Å².